The van der Waals surface area contributed by atoms with Crippen molar-refractivity contribution in [2.75, 3.05) is 0 Å². The summed E-state index contributed by atoms with van der Waals surface area (Å²) in [6, 6.07) is 17.3. The Morgan fingerprint density at radius 3 is 1.89 bits per heavy atom. The summed E-state index contributed by atoms with van der Waals surface area (Å²) in [7, 11) is 0. The van der Waals surface area contributed by atoms with Gasteiger partial charge in [-0.3, -0.25) is 9.59 Å². The highest BCUT2D eigenvalue weighted by Crippen LogP contribution is 2.49. The second kappa shape index (κ2) is 6.54. The van der Waals surface area contributed by atoms with Crippen molar-refractivity contribution in [3.05, 3.63) is 70.9 Å². The van der Waals surface area contributed by atoms with E-state index in [9.17, 15) is 14.0 Å². The predicted octanol–water partition coefficient (Wildman–Crippen LogP) is 6.04. The van der Waals surface area contributed by atoms with Crippen molar-refractivity contribution in [3.8, 4) is 21.6 Å². The number of ketones is 2. The van der Waals surface area contributed by atoms with Gasteiger partial charge in [-0.05, 0) is 55.0 Å². The Labute approximate surface area is 161 Å². The van der Waals surface area contributed by atoms with E-state index in [2.05, 4.69) is 0 Å². The highest BCUT2D eigenvalue weighted by Gasteiger charge is 2.48. The van der Waals surface area contributed by atoms with E-state index < -0.39 is 0 Å². The molecule has 0 saturated heterocycles. The van der Waals surface area contributed by atoms with E-state index in [1.54, 1.807) is 6.92 Å². The molecule has 4 heteroatoms. The lowest BCUT2D eigenvalue weighted by atomic mass is 9.90. The van der Waals surface area contributed by atoms with E-state index >= 15 is 0 Å². The first kappa shape index (κ1) is 17.8. The molecular formula is C23H19FO2S. The van der Waals surface area contributed by atoms with E-state index in [-0.39, 0.29) is 22.1 Å². The van der Waals surface area contributed by atoms with Crippen LogP contribution < -0.4 is 0 Å². The van der Waals surface area contributed by atoms with Gasteiger partial charge < -0.3 is 0 Å². The van der Waals surface area contributed by atoms with Crippen molar-refractivity contribution in [2.24, 2.45) is 0 Å². The lowest BCUT2D eigenvalue weighted by Gasteiger charge is -2.12. The van der Waals surface area contributed by atoms with E-state index in [0.717, 1.165) is 46.4 Å². The molecule has 0 amide bonds. The Hall–Kier alpha value is -2.59. The van der Waals surface area contributed by atoms with Crippen LogP contribution in [0.25, 0.3) is 21.6 Å². The minimum atomic E-state index is -0.352. The molecule has 0 radical (unpaired) electrons. The number of carbonyl (C=O) groups excluding carboxylic acids is 2. The number of rotatable bonds is 5. The molecule has 0 atom stereocenters. The van der Waals surface area contributed by atoms with Gasteiger partial charge in [0.15, 0.2) is 10.9 Å². The molecule has 27 heavy (non-hydrogen) atoms. The predicted molar refractivity (Wildman–Crippen MR) is 107 cm³/mol. The molecule has 0 unspecified atom stereocenters. The van der Waals surface area contributed by atoms with Crippen molar-refractivity contribution < 1.29 is 14.0 Å². The molecule has 0 N–H and O–H groups in total. The molecule has 0 spiro atoms. The molecule has 1 aliphatic rings. The van der Waals surface area contributed by atoms with E-state index in [4.69, 9.17) is 0 Å². The van der Waals surface area contributed by atoms with Gasteiger partial charge in [-0.2, -0.15) is 4.39 Å². The molecule has 1 aliphatic carbocycles. The van der Waals surface area contributed by atoms with Crippen LogP contribution in [0.4, 0.5) is 4.39 Å². The molecular weight excluding hydrogens is 359 g/mol. The molecule has 0 aliphatic heterocycles. The molecule has 2 aromatic carbocycles. The maximum atomic E-state index is 13.6. The zero-order valence-corrected chi connectivity index (χ0v) is 16.0. The molecule has 2 nitrogen and oxygen atoms in total. The number of Topliss-reactive ketones (excluding diaryl/α,β-unsaturated/α-hetero) is 2. The Morgan fingerprint density at radius 1 is 0.889 bits per heavy atom. The molecule has 3 aromatic rings. The molecule has 1 saturated carbocycles. The second-order valence-corrected chi connectivity index (χ2v) is 8.14. The quantitative estimate of drug-likeness (QED) is 0.507. The van der Waals surface area contributed by atoms with Crippen LogP contribution in [0.2, 0.25) is 0 Å². The number of halogens is 1. The lowest BCUT2D eigenvalue weighted by molar-refractivity contribution is -0.119. The summed E-state index contributed by atoms with van der Waals surface area (Å²) in [5, 5.41) is -0.352. The number of benzene rings is 2. The third-order valence-electron chi connectivity index (χ3n) is 5.42. The number of carbonyl (C=O) groups is 2. The number of hydrogen-bond donors (Lipinski definition) is 0. The Kier molecular flexibility index (Phi) is 4.31. The molecule has 1 fully saturated rings. The Balaban J connectivity index is 1.62. The van der Waals surface area contributed by atoms with Gasteiger partial charge in [-0.1, -0.05) is 48.5 Å². The average Bonchev–Trinajstić information content (AvgIpc) is 3.39. The maximum Gasteiger partial charge on any atom is 0.177 e. The van der Waals surface area contributed by atoms with Crippen LogP contribution in [-0.2, 0) is 10.2 Å². The fourth-order valence-corrected chi connectivity index (χ4v) is 4.54. The van der Waals surface area contributed by atoms with Crippen LogP contribution in [0.15, 0.2) is 54.6 Å². The summed E-state index contributed by atoms with van der Waals surface area (Å²) in [5.41, 5.74) is 4.20. The molecule has 4 rings (SSSR count). The normalized spacial score (nSPS) is 14.8. The zero-order chi connectivity index (χ0) is 19.2. The maximum absolute atomic E-state index is 13.6. The van der Waals surface area contributed by atoms with Gasteiger partial charge in [-0.15, -0.1) is 11.3 Å². The zero-order valence-electron chi connectivity index (χ0n) is 15.2. The summed E-state index contributed by atoms with van der Waals surface area (Å²) in [6.07, 6.45) is 1.87. The second-order valence-electron chi connectivity index (χ2n) is 7.14. The van der Waals surface area contributed by atoms with Gasteiger partial charge in [0.2, 0.25) is 0 Å². The van der Waals surface area contributed by atoms with E-state index in [1.807, 2.05) is 48.5 Å². The smallest absolute Gasteiger partial charge is 0.177 e. The van der Waals surface area contributed by atoms with Gasteiger partial charge >= 0.3 is 0 Å². The largest absolute Gasteiger partial charge is 0.299 e. The van der Waals surface area contributed by atoms with Crippen LogP contribution >= 0.6 is 11.3 Å². The highest BCUT2D eigenvalue weighted by molar-refractivity contribution is 7.14. The average molecular weight is 378 g/mol. The Morgan fingerprint density at radius 2 is 1.41 bits per heavy atom. The Bertz CT molecular complexity index is 1030. The van der Waals surface area contributed by atoms with Gasteiger partial charge in [0.25, 0.3) is 0 Å². The molecule has 1 heterocycles. The van der Waals surface area contributed by atoms with Gasteiger partial charge in [-0.25, -0.2) is 0 Å². The standard InChI is InChI=1S/C23H19FO2S/c1-14(25)20-13-21(24)27-22(20)18-5-3-16(4-6-18)17-7-9-19(10-8-17)23(11-12-23)15(2)26/h3-10,13H,11-12H2,1-2H3. The lowest BCUT2D eigenvalue weighted by Crippen LogP contribution is -2.16. The van der Waals surface area contributed by atoms with E-state index in [1.165, 1.54) is 13.0 Å². The first-order valence-electron chi connectivity index (χ1n) is 8.93. The fourth-order valence-electron chi connectivity index (χ4n) is 3.60. The fraction of sp³-hybridized carbons (Fsp3) is 0.217. The molecule has 0 bridgehead atoms. The minimum Gasteiger partial charge on any atom is -0.299 e. The van der Waals surface area contributed by atoms with Crippen molar-refractivity contribution >= 4 is 22.9 Å². The summed E-state index contributed by atoms with van der Waals surface area (Å²) >= 11 is 0.992. The third-order valence-corrected chi connectivity index (χ3v) is 6.40. The molecule has 1 aromatic heterocycles. The van der Waals surface area contributed by atoms with Gasteiger partial charge in [0.05, 0.1) is 5.41 Å². The van der Waals surface area contributed by atoms with Crippen LogP contribution in [0.3, 0.4) is 0 Å². The summed E-state index contributed by atoms with van der Waals surface area (Å²) in [4.78, 5) is 24.3. The third kappa shape index (κ3) is 3.15. The summed E-state index contributed by atoms with van der Waals surface area (Å²) in [6.45, 7) is 3.12. The van der Waals surface area contributed by atoms with E-state index in [0.29, 0.717) is 10.4 Å². The van der Waals surface area contributed by atoms with Gasteiger partial charge in [0.1, 0.15) is 5.78 Å². The van der Waals surface area contributed by atoms with Crippen LogP contribution in [0.1, 0.15) is 42.6 Å². The minimum absolute atomic E-state index is 0.135. The van der Waals surface area contributed by atoms with Crippen LogP contribution in [-0.4, -0.2) is 11.6 Å². The van der Waals surface area contributed by atoms with Gasteiger partial charge in [0, 0.05) is 10.4 Å². The van der Waals surface area contributed by atoms with Crippen molar-refractivity contribution in [3.63, 3.8) is 0 Å². The topological polar surface area (TPSA) is 34.1 Å². The molecule has 136 valence electrons. The summed E-state index contributed by atoms with van der Waals surface area (Å²) in [5.74, 6) is 0.105. The monoisotopic (exact) mass is 378 g/mol. The SMILES string of the molecule is CC(=O)c1cc(F)sc1-c1ccc(-c2ccc(C3(C(C)=O)CC3)cc2)cc1. The van der Waals surface area contributed by atoms with Crippen molar-refractivity contribution in [2.45, 2.75) is 32.1 Å². The summed E-state index contributed by atoms with van der Waals surface area (Å²) < 4.78 is 13.6. The highest BCUT2D eigenvalue weighted by atomic mass is 32.1. The first-order valence-corrected chi connectivity index (χ1v) is 9.75. The first-order chi connectivity index (χ1) is 12.9. The van der Waals surface area contributed by atoms with Crippen molar-refractivity contribution in [1.82, 2.24) is 0 Å². The number of thiophene rings is 1. The van der Waals surface area contributed by atoms with Crippen LogP contribution in [0.5, 0.6) is 0 Å². The number of hydrogen-bond acceptors (Lipinski definition) is 3. The van der Waals surface area contributed by atoms with Crippen molar-refractivity contribution in [1.29, 1.82) is 0 Å². The van der Waals surface area contributed by atoms with Crippen LogP contribution in [0, 0.1) is 5.13 Å².